The average molecular weight is 436 g/mol. The molecule has 0 saturated carbocycles. The molecule has 0 aliphatic rings. The van der Waals surface area contributed by atoms with Gasteiger partial charge < -0.3 is 0 Å². The zero-order chi connectivity index (χ0) is 22.3. The lowest BCUT2D eigenvalue weighted by Gasteiger charge is -2.10. The number of hydrogen-bond donors (Lipinski definition) is 0. The van der Waals surface area contributed by atoms with Gasteiger partial charge in [-0.2, -0.15) is 0 Å². The summed E-state index contributed by atoms with van der Waals surface area (Å²) in [4.78, 5) is 14.3. The van der Waals surface area contributed by atoms with Crippen LogP contribution in [0.3, 0.4) is 0 Å². The van der Waals surface area contributed by atoms with Gasteiger partial charge in [0.1, 0.15) is 0 Å². The normalized spacial score (nSPS) is 11.6. The van der Waals surface area contributed by atoms with Gasteiger partial charge >= 0.3 is 0 Å². The van der Waals surface area contributed by atoms with E-state index in [0.717, 1.165) is 27.8 Å². The lowest BCUT2D eigenvalue weighted by atomic mass is 10.0. The highest BCUT2D eigenvalue weighted by Gasteiger charge is 2.13. The van der Waals surface area contributed by atoms with Gasteiger partial charge in [-0.05, 0) is 36.2 Å². The van der Waals surface area contributed by atoms with E-state index in [9.17, 15) is 0 Å². The van der Waals surface area contributed by atoms with Crippen LogP contribution in [0.25, 0.3) is 39.5 Å². The van der Waals surface area contributed by atoms with Crippen LogP contribution in [0.15, 0.2) is 110 Å². The third kappa shape index (κ3) is 4.90. The van der Waals surface area contributed by atoms with E-state index >= 15 is 0 Å². The van der Waals surface area contributed by atoms with E-state index in [1.807, 2.05) is 91.9 Å². The first-order valence-corrected chi connectivity index (χ1v) is 10.7. The average Bonchev–Trinajstić information content (AvgIpc) is 2.85. The van der Waals surface area contributed by atoms with E-state index in [-0.39, 0.29) is 0 Å². The molecule has 0 aliphatic carbocycles. The van der Waals surface area contributed by atoms with Crippen molar-refractivity contribution in [2.24, 2.45) is 0 Å². The van der Waals surface area contributed by atoms with Crippen LogP contribution in [-0.4, -0.2) is 15.0 Å². The molecule has 0 atom stereocenters. The Hall–Kier alpha value is -3.82. The predicted octanol–water partition coefficient (Wildman–Crippen LogP) is 7.67. The molecule has 0 radical (unpaired) electrons. The van der Waals surface area contributed by atoms with E-state index in [4.69, 9.17) is 26.6 Å². The Balaban J connectivity index is 1.88. The Labute approximate surface area is 193 Å². The first-order valence-electron chi connectivity index (χ1n) is 10.3. The highest BCUT2D eigenvalue weighted by atomic mass is 35.5. The lowest BCUT2D eigenvalue weighted by molar-refractivity contribution is 1.04. The first kappa shape index (κ1) is 21.4. The molecule has 1 aromatic heterocycles. The van der Waals surface area contributed by atoms with Crippen molar-refractivity contribution in [3.8, 4) is 33.9 Å². The molecule has 3 aromatic carbocycles. The molecule has 0 amide bonds. The summed E-state index contributed by atoms with van der Waals surface area (Å²) in [6.07, 6.45) is 7.61. The van der Waals surface area contributed by atoms with E-state index in [1.165, 1.54) is 0 Å². The minimum absolute atomic E-state index is 0.579. The summed E-state index contributed by atoms with van der Waals surface area (Å²) < 4.78 is 0. The molecule has 4 aromatic rings. The second kappa shape index (κ2) is 9.99. The quantitative estimate of drug-likeness (QED) is 0.291. The molecule has 0 bridgehead atoms. The Morgan fingerprint density at radius 1 is 0.750 bits per heavy atom. The smallest absolute Gasteiger partial charge is 0.164 e. The van der Waals surface area contributed by atoms with Gasteiger partial charge in [-0.25, -0.2) is 15.0 Å². The Morgan fingerprint density at radius 2 is 1.38 bits per heavy atom. The summed E-state index contributed by atoms with van der Waals surface area (Å²) in [5, 5.41) is 0.700. The zero-order valence-corrected chi connectivity index (χ0v) is 18.5. The van der Waals surface area contributed by atoms with E-state index in [0.29, 0.717) is 22.5 Å². The summed E-state index contributed by atoms with van der Waals surface area (Å²) >= 11 is 6.20. The topological polar surface area (TPSA) is 38.7 Å². The zero-order valence-electron chi connectivity index (χ0n) is 17.7. The van der Waals surface area contributed by atoms with E-state index in [2.05, 4.69) is 18.7 Å². The molecule has 3 nitrogen and oxygen atoms in total. The van der Waals surface area contributed by atoms with Crippen LogP contribution in [0.4, 0.5) is 0 Å². The van der Waals surface area contributed by atoms with Gasteiger partial charge in [0.25, 0.3) is 0 Å². The standard InChI is InChI=1S/C28H22ClN3/c1-3-5-11-20(4-2)26-30-27(21-12-7-6-8-13-21)32-28(31-26)24-16-9-14-22(18-24)23-15-10-17-25(29)19-23/h3-19H,2H2,1H3/b5-3-,20-11+. The summed E-state index contributed by atoms with van der Waals surface area (Å²) in [7, 11) is 0. The molecular formula is C28H22ClN3. The van der Waals surface area contributed by atoms with Crippen molar-refractivity contribution in [1.82, 2.24) is 15.0 Å². The molecule has 0 spiro atoms. The summed E-state index contributed by atoms with van der Waals surface area (Å²) in [5.74, 6) is 1.80. The monoisotopic (exact) mass is 435 g/mol. The highest BCUT2D eigenvalue weighted by Crippen LogP contribution is 2.28. The van der Waals surface area contributed by atoms with Crippen LogP contribution in [-0.2, 0) is 0 Å². The number of hydrogen-bond acceptors (Lipinski definition) is 3. The predicted molar refractivity (Wildman–Crippen MR) is 134 cm³/mol. The number of benzene rings is 3. The van der Waals surface area contributed by atoms with E-state index < -0.39 is 0 Å². The van der Waals surface area contributed by atoms with Crippen molar-refractivity contribution in [1.29, 1.82) is 0 Å². The van der Waals surface area contributed by atoms with Gasteiger partial charge in [-0.15, -0.1) is 0 Å². The van der Waals surface area contributed by atoms with Crippen molar-refractivity contribution in [3.63, 3.8) is 0 Å². The van der Waals surface area contributed by atoms with Crippen LogP contribution in [0.2, 0.25) is 5.02 Å². The fourth-order valence-electron chi connectivity index (χ4n) is 3.29. The molecule has 0 saturated heterocycles. The lowest BCUT2D eigenvalue weighted by Crippen LogP contribution is -2.02. The van der Waals surface area contributed by atoms with E-state index in [1.54, 1.807) is 6.08 Å². The Kier molecular flexibility index (Phi) is 6.69. The number of rotatable bonds is 6. The third-order valence-electron chi connectivity index (χ3n) is 4.89. The molecule has 32 heavy (non-hydrogen) atoms. The van der Waals surface area contributed by atoms with Gasteiger partial charge in [0.2, 0.25) is 0 Å². The fraction of sp³-hybridized carbons (Fsp3) is 0.0357. The first-order chi connectivity index (χ1) is 15.7. The number of nitrogens with zero attached hydrogens (tertiary/aromatic N) is 3. The largest absolute Gasteiger partial charge is 0.208 e. The summed E-state index contributed by atoms with van der Waals surface area (Å²) in [5.41, 5.74) is 4.74. The van der Waals surface area contributed by atoms with Gasteiger partial charge in [-0.3, -0.25) is 0 Å². The molecule has 0 aliphatic heterocycles. The second-order valence-electron chi connectivity index (χ2n) is 7.12. The van der Waals surface area contributed by atoms with Gasteiger partial charge in [-0.1, -0.05) is 103 Å². The van der Waals surface area contributed by atoms with Gasteiger partial charge in [0, 0.05) is 21.7 Å². The Bertz CT molecular complexity index is 1310. The SMILES string of the molecule is C=C/C(=C\C=C/C)c1nc(-c2ccccc2)nc(-c2cccc(-c3cccc(Cl)c3)c2)n1. The fourth-order valence-corrected chi connectivity index (χ4v) is 3.48. The summed E-state index contributed by atoms with van der Waals surface area (Å²) in [6.45, 7) is 5.91. The number of aromatic nitrogens is 3. The maximum Gasteiger partial charge on any atom is 0.164 e. The number of halogens is 1. The molecule has 4 heteroatoms. The highest BCUT2D eigenvalue weighted by molar-refractivity contribution is 6.30. The molecular weight excluding hydrogens is 414 g/mol. The van der Waals surface area contributed by atoms with Crippen LogP contribution < -0.4 is 0 Å². The van der Waals surface area contributed by atoms with Crippen molar-refractivity contribution in [3.05, 3.63) is 121 Å². The van der Waals surface area contributed by atoms with Crippen molar-refractivity contribution < 1.29 is 0 Å². The number of allylic oxidation sites excluding steroid dienone is 5. The minimum Gasteiger partial charge on any atom is -0.208 e. The minimum atomic E-state index is 0.579. The van der Waals surface area contributed by atoms with Crippen LogP contribution in [0, 0.1) is 0 Å². The molecule has 156 valence electrons. The van der Waals surface area contributed by atoms with Gasteiger partial charge in [0.05, 0.1) is 0 Å². The van der Waals surface area contributed by atoms with Crippen LogP contribution in [0.5, 0.6) is 0 Å². The molecule has 4 rings (SSSR count). The third-order valence-corrected chi connectivity index (χ3v) is 5.13. The molecule has 0 unspecified atom stereocenters. The molecule has 0 fully saturated rings. The van der Waals surface area contributed by atoms with Crippen LogP contribution >= 0.6 is 11.6 Å². The van der Waals surface area contributed by atoms with Crippen molar-refractivity contribution >= 4 is 17.2 Å². The maximum absolute atomic E-state index is 6.20. The van der Waals surface area contributed by atoms with Gasteiger partial charge in [0.15, 0.2) is 17.5 Å². The van der Waals surface area contributed by atoms with Crippen molar-refractivity contribution in [2.45, 2.75) is 6.92 Å². The van der Waals surface area contributed by atoms with Crippen LogP contribution in [0.1, 0.15) is 12.7 Å². The molecule has 0 N–H and O–H groups in total. The summed E-state index contributed by atoms with van der Waals surface area (Å²) in [6, 6.07) is 25.8. The second-order valence-corrected chi connectivity index (χ2v) is 7.55. The maximum atomic E-state index is 6.20. The Morgan fingerprint density at radius 3 is 2.06 bits per heavy atom. The van der Waals surface area contributed by atoms with Crippen molar-refractivity contribution in [2.75, 3.05) is 0 Å². The molecule has 1 heterocycles.